The molecule has 0 amide bonds. The minimum Gasteiger partial charge on any atom is -0.458 e. The Balaban J connectivity index is 1.59. The number of likely N-dealkylation sites (tertiary alicyclic amines) is 1. The number of ether oxygens (including phenoxy) is 2. The van der Waals surface area contributed by atoms with Crippen LogP contribution in [0.5, 0.6) is 0 Å². The molecule has 3 aliphatic rings. The van der Waals surface area contributed by atoms with Crippen molar-refractivity contribution in [2.45, 2.75) is 122 Å². The van der Waals surface area contributed by atoms with Crippen LogP contribution in [0.4, 0.5) is 0 Å². The van der Waals surface area contributed by atoms with E-state index >= 15 is 0 Å². The highest BCUT2D eigenvalue weighted by Crippen LogP contribution is 2.47. The normalized spacial score (nSPS) is 25.4. The van der Waals surface area contributed by atoms with Crippen LogP contribution in [0.2, 0.25) is 0 Å². The van der Waals surface area contributed by atoms with Gasteiger partial charge in [0.25, 0.3) is 0 Å². The molecule has 1 aliphatic heterocycles. The number of esters is 1. The van der Waals surface area contributed by atoms with Gasteiger partial charge >= 0.3 is 5.97 Å². The highest BCUT2D eigenvalue weighted by molar-refractivity contribution is 6.01. The molecule has 2 heterocycles. The van der Waals surface area contributed by atoms with Crippen LogP contribution in [0.1, 0.15) is 113 Å². The van der Waals surface area contributed by atoms with Gasteiger partial charge in [0.2, 0.25) is 0 Å². The van der Waals surface area contributed by atoms with Gasteiger partial charge in [-0.2, -0.15) is 0 Å². The number of nitrogens with zero attached hydrogens (tertiary/aromatic N) is 2. The maximum Gasteiger partial charge on any atom is 0.355 e. The van der Waals surface area contributed by atoms with Gasteiger partial charge in [-0.05, 0) is 96.4 Å². The van der Waals surface area contributed by atoms with Gasteiger partial charge in [0.1, 0.15) is 11.8 Å². The molecule has 192 valence electrons. The molecular weight excluding hydrogens is 436 g/mol. The van der Waals surface area contributed by atoms with Crippen molar-refractivity contribution >= 4 is 16.9 Å². The summed E-state index contributed by atoms with van der Waals surface area (Å²) in [6.45, 7) is 13.0. The third-order valence-electron chi connectivity index (χ3n) is 8.38. The lowest BCUT2D eigenvalue weighted by Gasteiger charge is -2.47. The monoisotopic (exact) mass is 480 g/mol. The molecule has 1 saturated carbocycles. The number of benzene rings is 1. The molecule has 0 spiro atoms. The lowest BCUT2D eigenvalue weighted by atomic mass is 9.73. The molecule has 1 unspecified atom stereocenters. The zero-order chi connectivity index (χ0) is 24.7. The summed E-state index contributed by atoms with van der Waals surface area (Å²) in [6.07, 6.45) is 9.23. The Morgan fingerprint density at radius 3 is 2.54 bits per heavy atom. The van der Waals surface area contributed by atoms with Crippen molar-refractivity contribution in [1.82, 2.24) is 9.47 Å². The number of piperidine rings is 1. The first-order valence-corrected chi connectivity index (χ1v) is 14.1. The summed E-state index contributed by atoms with van der Waals surface area (Å²) in [5.41, 5.74) is 4.62. The number of carbonyl (C=O) groups is 1. The molecule has 35 heavy (non-hydrogen) atoms. The van der Waals surface area contributed by atoms with Crippen LogP contribution in [0.3, 0.4) is 0 Å². The molecule has 2 aromatic rings. The van der Waals surface area contributed by atoms with Crippen LogP contribution in [0.15, 0.2) is 18.2 Å². The first-order chi connectivity index (χ1) is 16.9. The lowest BCUT2D eigenvalue weighted by molar-refractivity contribution is -0.0561. The molecular formula is C30H44N2O3. The predicted molar refractivity (Wildman–Crippen MR) is 141 cm³/mol. The van der Waals surface area contributed by atoms with Gasteiger partial charge < -0.3 is 14.0 Å². The van der Waals surface area contributed by atoms with Crippen LogP contribution in [0.25, 0.3) is 10.9 Å². The van der Waals surface area contributed by atoms with Crippen LogP contribution in [-0.4, -0.2) is 52.9 Å². The third kappa shape index (κ3) is 4.67. The van der Waals surface area contributed by atoms with Gasteiger partial charge in [0, 0.05) is 35.4 Å². The average Bonchev–Trinajstić information content (AvgIpc) is 3.16. The summed E-state index contributed by atoms with van der Waals surface area (Å²) in [5, 5.41) is 1.31. The number of hydrogen-bond acceptors (Lipinski definition) is 4. The molecule has 0 radical (unpaired) electrons. The highest BCUT2D eigenvalue weighted by atomic mass is 16.5. The Morgan fingerprint density at radius 1 is 1.09 bits per heavy atom. The second-order valence-corrected chi connectivity index (χ2v) is 11.6. The quantitative estimate of drug-likeness (QED) is 0.417. The largest absolute Gasteiger partial charge is 0.458 e. The Labute approximate surface area is 211 Å². The molecule has 2 aliphatic carbocycles. The molecule has 5 nitrogen and oxygen atoms in total. The molecule has 1 aromatic carbocycles. The van der Waals surface area contributed by atoms with E-state index in [4.69, 9.17) is 9.47 Å². The van der Waals surface area contributed by atoms with Gasteiger partial charge in [-0.1, -0.05) is 25.5 Å². The van der Waals surface area contributed by atoms with Crippen molar-refractivity contribution < 1.29 is 14.3 Å². The van der Waals surface area contributed by atoms with E-state index < -0.39 is 0 Å². The molecule has 5 heteroatoms. The number of aromatic nitrogens is 1. The molecule has 0 bridgehead atoms. The Hall–Kier alpha value is -1.85. The maximum atomic E-state index is 13.8. The van der Waals surface area contributed by atoms with Crippen molar-refractivity contribution in [2.24, 2.45) is 0 Å². The number of fused-ring (bicyclic) bond motifs is 2. The second kappa shape index (κ2) is 10.3. The van der Waals surface area contributed by atoms with E-state index in [1.165, 1.54) is 28.5 Å². The fourth-order valence-electron chi connectivity index (χ4n) is 7.14. The molecule has 3 atom stereocenters. The Kier molecular flexibility index (Phi) is 7.28. The van der Waals surface area contributed by atoms with Crippen LogP contribution < -0.4 is 0 Å². The number of hydrogen-bond donors (Lipinski definition) is 0. The third-order valence-corrected chi connectivity index (χ3v) is 8.38. The van der Waals surface area contributed by atoms with E-state index in [2.05, 4.69) is 62.3 Å². The summed E-state index contributed by atoms with van der Waals surface area (Å²) in [5.74, 6) is 0.320. The van der Waals surface area contributed by atoms with E-state index in [0.717, 1.165) is 63.7 Å². The zero-order valence-electron chi connectivity index (χ0n) is 22.4. The van der Waals surface area contributed by atoms with Gasteiger partial charge in [-0.3, -0.25) is 4.90 Å². The van der Waals surface area contributed by atoms with Crippen LogP contribution in [0, 0.1) is 0 Å². The van der Waals surface area contributed by atoms with Crippen molar-refractivity contribution in [1.29, 1.82) is 0 Å². The van der Waals surface area contributed by atoms with Gasteiger partial charge in [0.05, 0.1) is 12.2 Å². The minimum absolute atomic E-state index is 0.0677. The predicted octanol–water partition coefficient (Wildman–Crippen LogP) is 6.63. The van der Waals surface area contributed by atoms with Gasteiger partial charge in [0.15, 0.2) is 0 Å². The SMILES string of the molecule is CCCN1C[C@H](OC(C)C)CC2c3cccc4c3c(c(C(=O)OC3CCCCC3)n4C(C)C)C[C@H]21. The number of rotatable bonds is 7. The Bertz CT molecular complexity index is 1050. The minimum atomic E-state index is -0.111. The fourth-order valence-corrected chi connectivity index (χ4v) is 7.14. The first kappa shape index (κ1) is 24.8. The topological polar surface area (TPSA) is 43.7 Å². The van der Waals surface area contributed by atoms with Crippen molar-refractivity contribution in [3.63, 3.8) is 0 Å². The summed E-state index contributed by atoms with van der Waals surface area (Å²) in [4.78, 5) is 16.4. The second-order valence-electron chi connectivity index (χ2n) is 11.6. The summed E-state index contributed by atoms with van der Waals surface area (Å²) in [6, 6.07) is 7.31. The van der Waals surface area contributed by atoms with Gasteiger partial charge in [-0.25, -0.2) is 4.79 Å². The molecule has 2 fully saturated rings. The van der Waals surface area contributed by atoms with E-state index in [1.54, 1.807) is 0 Å². The smallest absolute Gasteiger partial charge is 0.355 e. The molecule has 1 saturated heterocycles. The van der Waals surface area contributed by atoms with E-state index in [-0.39, 0.29) is 30.3 Å². The van der Waals surface area contributed by atoms with E-state index in [9.17, 15) is 4.79 Å². The van der Waals surface area contributed by atoms with Crippen molar-refractivity contribution in [3.8, 4) is 0 Å². The molecule has 1 aromatic heterocycles. The maximum absolute atomic E-state index is 13.8. The zero-order valence-corrected chi connectivity index (χ0v) is 22.4. The lowest BCUT2D eigenvalue weighted by Crippen LogP contribution is -2.53. The Morgan fingerprint density at radius 2 is 1.86 bits per heavy atom. The molecule has 5 rings (SSSR count). The summed E-state index contributed by atoms with van der Waals surface area (Å²) >= 11 is 0. The fraction of sp³-hybridized carbons (Fsp3) is 0.700. The summed E-state index contributed by atoms with van der Waals surface area (Å²) < 4.78 is 14.8. The standard InChI is InChI=1S/C30H44N2O3/c1-6-15-31-18-22(34-20(4)5)16-24-23-13-10-14-26-28(23)25(17-27(24)31)29(32(26)19(2)3)30(33)35-21-11-8-7-9-12-21/h10,13-14,19-22,24,27H,6-9,11-12,15-18H2,1-5H3/t22-,24?,27-/m1/s1. The average molecular weight is 481 g/mol. The first-order valence-electron chi connectivity index (χ1n) is 14.1. The van der Waals surface area contributed by atoms with E-state index in [1.807, 2.05) is 0 Å². The highest BCUT2D eigenvalue weighted by Gasteiger charge is 2.43. The number of carbonyl (C=O) groups excluding carboxylic acids is 1. The molecule has 0 N–H and O–H groups in total. The van der Waals surface area contributed by atoms with Crippen molar-refractivity contribution in [3.05, 3.63) is 35.0 Å². The van der Waals surface area contributed by atoms with Crippen LogP contribution >= 0.6 is 0 Å². The summed E-state index contributed by atoms with van der Waals surface area (Å²) in [7, 11) is 0. The van der Waals surface area contributed by atoms with Gasteiger partial charge in [-0.15, -0.1) is 0 Å². The van der Waals surface area contributed by atoms with Crippen molar-refractivity contribution in [2.75, 3.05) is 13.1 Å². The van der Waals surface area contributed by atoms with E-state index in [0.29, 0.717) is 12.0 Å². The van der Waals surface area contributed by atoms with Crippen LogP contribution in [-0.2, 0) is 15.9 Å².